The molecule has 0 saturated carbocycles. The van der Waals surface area contributed by atoms with Gasteiger partial charge in [0.2, 0.25) is 0 Å². The molecule has 0 bridgehead atoms. The van der Waals surface area contributed by atoms with Crippen molar-refractivity contribution < 1.29 is 18.7 Å². The van der Waals surface area contributed by atoms with E-state index in [1.54, 1.807) is 38.4 Å². The summed E-state index contributed by atoms with van der Waals surface area (Å²) in [5, 5.41) is 7.83. The highest BCUT2D eigenvalue weighted by atomic mass is 32.1. The second kappa shape index (κ2) is 9.32. The summed E-state index contributed by atoms with van der Waals surface area (Å²) in [6.45, 7) is -0.122. The molecule has 3 aromatic rings. The summed E-state index contributed by atoms with van der Waals surface area (Å²) in [6.07, 6.45) is 0.465. The van der Waals surface area contributed by atoms with Gasteiger partial charge < -0.3 is 9.64 Å². The molecule has 0 unspecified atom stereocenters. The summed E-state index contributed by atoms with van der Waals surface area (Å²) in [5.41, 5.74) is 2.34. The monoisotopic (exact) mass is 451 g/mol. The summed E-state index contributed by atoms with van der Waals surface area (Å²) in [6, 6.07) is 16.6. The highest BCUT2D eigenvalue weighted by Gasteiger charge is 2.34. The van der Waals surface area contributed by atoms with Crippen molar-refractivity contribution in [3.05, 3.63) is 87.9 Å². The van der Waals surface area contributed by atoms with E-state index in [0.29, 0.717) is 17.0 Å². The number of hydrogen-bond donors (Lipinski definition) is 0. The highest BCUT2D eigenvalue weighted by molar-refractivity contribution is 7.12. The predicted molar refractivity (Wildman–Crippen MR) is 121 cm³/mol. The Morgan fingerprint density at radius 3 is 2.66 bits per heavy atom. The molecule has 0 fully saturated rings. The van der Waals surface area contributed by atoms with Crippen LogP contribution in [0.25, 0.3) is 0 Å². The number of hydrazone groups is 1. The Bertz CT molecular complexity index is 1150. The third kappa shape index (κ3) is 4.55. The van der Waals surface area contributed by atoms with Gasteiger partial charge in [0.1, 0.15) is 18.1 Å². The lowest BCUT2D eigenvalue weighted by Crippen LogP contribution is -2.39. The lowest BCUT2D eigenvalue weighted by molar-refractivity contribution is -0.133. The van der Waals surface area contributed by atoms with Gasteiger partial charge in [-0.3, -0.25) is 9.59 Å². The molecule has 2 amide bonds. The molecule has 2 aromatic carbocycles. The van der Waals surface area contributed by atoms with Crippen LogP contribution in [0.4, 0.5) is 4.39 Å². The SMILES string of the molecule is COc1cccc(C2=NN(C(=O)CN(C)C(=O)c3cccs3)[C@H](c3ccc(F)cc3)C2)c1. The molecule has 0 aliphatic carbocycles. The molecule has 1 aliphatic heterocycles. The number of likely N-dealkylation sites (N-methyl/N-ethyl adjacent to an activating group) is 1. The minimum Gasteiger partial charge on any atom is -0.497 e. The van der Waals surface area contributed by atoms with Crippen LogP contribution < -0.4 is 4.74 Å². The lowest BCUT2D eigenvalue weighted by atomic mass is 9.98. The molecule has 0 radical (unpaired) electrons. The first kappa shape index (κ1) is 21.7. The molecule has 6 nitrogen and oxygen atoms in total. The molecule has 0 N–H and O–H groups in total. The fourth-order valence-electron chi connectivity index (χ4n) is 3.60. The molecular formula is C24H22FN3O3S. The summed E-state index contributed by atoms with van der Waals surface area (Å²) < 4.78 is 18.8. The Morgan fingerprint density at radius 2 is 1.97 bits per heavy atom. The summed E-state index contributed by atoms with van der Waals surface area (Å²) in [4.78, 5) is 27.7. The van der Waals surface area contributed by atoms with E-state index in [0.717, 1.165) is 16.8 Å². The molecule has 32 heavy (non-hydrogen) atoms. The third-order valence-electron chi connectivity index (χ3n) is 5.27. The van der Waals surface area contributed by atoms with Crippen molar-refractivity contribution in [3.63, 3.8) is 0 Å². The van der Waals surface area contributed by atoms with Crippen LogP contribution in [-0.4, -0.2) is 48.1 Å². The maximum atomic E-state index is 13.5. The average molecular weight is 452 g/mol. The normalized spacial score (nSPS) is 15.4. The van der Waals surface area contributed by atoms with Gasteiger partial charge in [-0.15, -0.1) is 11.3 Å². The Hall–Kier alpha value is -3.52. The van der Waals surface area contributed by atoms with E-state index in [-0.39, 0.29) is 24.2 Å². The fourth-order valence-corrected chi connectivity index (χ4v) is 4.31. The molecule has 1 atom stereocenters. The number of carbonyl (C=O) groups excluding carboxylic acids is 2. The minimum absolute atomic E-state index is 0.122. The Morgan fingerprint density at radius 1 is 1.19 bits per heavy atom. The zero-order valence-corrected chi connectivity index (χ0v) is 18.5. The fraction of sp³-hybridized carbons (Fsp3) is 0.208. The topological polar surface area (TPSA) is 62.2 Å². The van der Waals surface area contributed by atoms with Gasteiger partial charge in [-0.05, 0) is 41.3 Å². The van der Waals surface area contributed by atoms with Gasteiger partial charge in [0.25, 0.3) is 11.8 Å². The van der Waals surface area contributed by atoms with Gasteiger partial charge in [-0.1, -0.05) is 30.3 Å². The van der Waals surface area contributed by atoms with E-state index < -0.39 is 6.04 Å². The number of ether oxygens (including phenoxy) is 1. The van der Waals surface area contributed by atoms with Crippen LogP contribution in [0.1, 0.15) is 33.3 Å². The third-order valence-corrected chi connectivity index (χ3v) is 6.13. The number of halogens is 1. The zero-order valence-electron chi connectivity index (χ0n) is 17.7. The van der Waals surface area contributed by atoms with Crippen LogP contribution in [0.15, 0.2) is 71.1 Å². The van der Waals surface area contributed by atoms with Crippen LogP contribution >= 0.6 is 11.3 Å². The second-order valence-electron chi connectivity index (χ2n) is 7.43. The molecule has 0 saturated heterocycles. The molecule has 0 spiro atoms. The van der Waals surface area contributed by atoms with Crippen molar-refractivity contribution in [1.29, 1.82) is 0 Å². The van der Waals surface area contributed by atoms with Crippen molar-refractivity contribution >= 4 is 28.9 Å². The smallest absolute Gasteiger partial charge is 0.264 e. The summed E-state index contributed by atoms with van der Waals surface area (Å²) in [5.74, 6) is -0.193. The maximum Gasteiger partial charge on any atom is 0.264 e. The van der Waals surface area contributed by atoms with Crippen LogP contribution in [-0.2, 0) is 4.79 Å². The van der Waals surface area contributed by atoms with Gasteiger partial charge in [-0.25, -0.2) is 9.40 Å². The van der Waals surface area contributed by atoms with Gasteiger partial charge in [0.05, 0.1) is 23.7 Å². The van der Waals surface area contributed by atoms with E-state index in [1.165, 1.54) is 33.4 Å². The van der Waals surface area contributed by atoms with Crippen molar-refractivity contribution in [1.82, 2.24) is 9.91 Å². The summed E-state index contributed by atoms with van der Waals surface area (Å²) >= 11 is 1.33. The van der Waals surface area contributed by atoms with Gasteiger partial charge >= 0.3 is 0 Å². The maximum absolute atomic E-state index is 13.5. The van der Waals surface area contributed by atoms with E-state index in [9.17, 15) is 14.0 Å². The van der Waals surface area contributed by atoms with Crippen LogP contribution in [0.2, 0.25) is 0 Å². The molecule has 8 heteroatoms. The molecular weight excluding hydrogens is 429 g/mol. The first-order valence-electron chi connectivity index (χ1n) is 10.0. The Kier molecular flexibility index (Phi) is 6.32. The number of methoxy groups -OCH3 is 1. The van der Waals surface area contributed by atoms with Crippen LogP contribution in [0.3, 0.4) is 0 Å². The van der Waals surface area contributed by atoms with Crippen molar-refractivity contribution in [3.8, 4) is 5.75 Å². The predicted octanol–water partition coefficient (Wildman–Crippen LogP) is 4.35. The number of carbonyl (C=O) groups is 2. The van der Waals surface area contributed by atoms with Crippen molar-refractivity contribution in [2.24, 2.45) is 5.10 Å². The average Bonchev–Trinajstić information content (AvgIpc) is 3.50. The van der Waals surface area contributed by atoms with E-state index in [1.807, 2.05) is 29.6 Å². The molecule has 4 rings (SSSR count). The molecule has 1 aromatic heterocycles. The highest BCUT2D eigenvalue weighted by Crippen LogP contribution is 2.33. The van der Waals surface area contributed by atoms with Gasteiger partial charge in [0, 0.05) is 19.0 Å². The quantitative estimate of drug-likeness (QED) is 0.560. The molecule has 1 aliphatic rings. The number of nitrogens with zero attached hydrogens (tertiary/aromatic N) is 3. The summed E-state index contributed by atoms with van der Waals surface area (Å²) in [7, 11) is 3.18. The van der Waals surface area contributed by atoms with Gasteiger partial charge in [-0.2, -0.15) is 5.10 Å². The van der Waals surface area contributed by atoms with Crippen LogP contribution in [0.5, 0.6) is 5.75 Å². The largest absolute Gasteiger partial charge is 0.497 e. The first-order valence-corrected chi connectivity index (χ1v) is 10.9. The molecule has 164 valence electrons. The second-order valence-corrected chi connectivity index (χ2v) is 8.37. The van der Waals surface area contributed by atoms with Crippen LogP contribution in [0, 0.1) is 5.82 Å². The zero-order chi connectivity index (χ0) is 22.7. The number of thiophene rings is 1. The number of hydrogen-bond acceptors (Lipinski definition) is 5. The first-order chi connectivity index (χ1) is 15.5. The van der Waals surface area contributed by atoms with Gasteiger partial charge in [0.15, 0.2) is 0 Å². The Labute approximate surface area is 189 Å². The Balaban J connectivity index is 1.61. The standard InChI is InChI=1S/C24H22FN3O3S/c1-27(24(30)22-7-4-12-32-22)15-23(29)28-21(16-8-10-18(25)11-9-16)14-20(26-28)17-5-3-6-19(13-17)31-2/h3-13,21H,14-15H2,1-2H3/t21-/m0/s1. The van der Waals surface area contributed by atoms with E-state index >= 15 is 0 Å². The van der Waals surface area contributed by atoms with Crippen molar-refractivity contribution in [2.75, 3.05) is 20.7 Å². The lowest BCUT2D eigenvalue weighted by Gasteiger charge is -2.24. The minimum atomic E-state index is -0.394. The van der Waals surface area contributed by atoms with E-state index in [2.05, 4.69) is 5.10 Å². The number of benzene rings is 2. The number of rotatable bonds is 6. The van der Waals surface area contributed by atoms with E-state index in [4.69, 9.17) is 4.74 Å². The number of amides is 2. The van der Waals surface area contributed by atoms with Crippen molar-refractivity contribution in [2.45, 2.75) is 12.5 Å². The molecule has 2 heterocycles.